The summed E-state index contributed by atoms with van der Waals surface area (Å²) in [6, 6.07) is 54.7. The van der Waals surface area contributed by atoms with Crippen molar-refractivity contribution in [3.63, 3.8) is 0 Å². The van der Waals surface area contributed by atoms with Gasteiger partial charge in [-0.3, -0.25) is 9.55 Å². The van der Waals surface area contributed by atoms with E-state index in [9.17, 15) is 5.11 Å². The molecule has 4 nitrogen and oxygen atoms in total. The van der Waals surface area contributed by atoms with Crippen molar-refractivity contribution in [2.24, 2.45) is 0 Å². The summed E-state index contributed by atoms with van der Waals surface area (Å²) in [5.74, 6) is 0.988. The molecule has 0 spiro atoms. The first-order valence-corrected chi connectivity index (χ1v) is 23.2. The normalized spacial score (nSPS) is 14.5. The molecule has 68 heavy (non-hydrogen) atoms. The van der Waals surface area contributed by atoms with Crippen LogP contribution in [0.15, 0.2) is 164 Å². The number of aromatic nitrogens is 3. The predicted molar refractivity (Wildman–Crippen MR) is 282 cm³/mol. The molecule has 7 aromatic carbocycles. The molecule has 0 saturated heterocycles. The number of pyridine rings is 1. The number of benzene rings is 7. The van der Waals surface area contributed by atoms with Crippen molar-refractivity contribution in [2.75, 3.05) is 0 Å². The fourth-order valence-electron chi connectivity index (χ4n) is 8.89. The third-order valence-corrected chi connectivity index (χ3v) is 13.3. The first-order valence-electron chi connectivity index (χ1n) is 27.7. The van der Waals surface area contributed by atoms with E-state index in [4.69, 9.17) is 22.3 Å². The minimum atomic E-state index is -3.38. The maximum absolute atomic E-state index is 12.4. The molecule has 0 atom stereocenters. The standard InChI is InChI=1S/C63H62N3O.Pt/c1-11-63(9,10)51-29-30-57(54(39-51)44-21-16-13-17-22-44)66-58-24-18-23-52(59(58)65-61(66)55-37-46(40(2)3)36-53(41(4)5)60(55)67)48-33-47(42-19-14-12-15-20-42)34-49(35-48)56-38-45(31-32-64-56)43-25-27-50(28-26-43)62(6,7)8;/h12-34,36-41,67H,11H2,1-10H3;/q-1;/i6D3,7D3,8D3;. The van der Waals surface area contributed by atoms with Gasteiger partial charge in [0.15, 0.2) is 0 Å². The molecule has 0 amide bonds. The SMILES string of the molecule is [2H]C([2H])([2H])C(c1ccc(-c2ccnc(-c3[c-]c(-c4cccc5c4nc(-c4cc(C(C)C)cc(C(C)C)c4O)n5-c4ccc(C(C)(C)CC)cc4-c4ccccc4)cc(-c4ccccc4)c3)c2)cc1)(C([2H])([2H])[2H])C([2H])([2H])[2H].[Pt]. The molecule has 0 fully saturated rings. The Balaban J connectivity index is 0.00000784. The van der Waals surface area contributed by atoms with Gasteiger partial charge in [0, 0.05) is 50.9 Å². The van der Waals surface area contributed by atoms with Gasteiger partial charge >= 0.3 is 0 Å². The second-order valence-corrected chi connectivity index (χ2v) is 18.9. The first kappa shape index (κ1) is 37.6. The van der Waals surface area contributed by atoms with Crippen molar-refractivity contribution >= 4 is 11.0 Å². The monoisotopic (exact) mass is 1080 g/mol. The largest absolute Gasteiger partial charge is 0.507 e. The molecule has 0 saturated carbocycles. The van der Waals surface area contributed by atoms with Gasteiger partial charge in [0.05, 0.1) is 22.3 Å². The number of phenolic OH excluding ortho intramolecular Hbond substituents is 1. The molecule has 0 aliphatic heterocycles. The molecule has 0 radical (unpaired) electrons. The number of phenols is 1. The number of hydrogen-bond acceptors (Lipinski definition) is 3. The van der Waals surface area contributed by atoms with Gasteiger partial charge in [0.1, 0.15) is 11.6 Å². The van der Waals surface area contributed by atoms with Crippen molar-refractivity contribution in [3.8, 4) is 78.6 Å². The molecule has 1 N–H and O–H groups in total. The van der Waals surface area contributed by atoms with Gasteiger partial charge in [-0.25, -0.2) is 4.98 Å². The third kappa shape index (κ3) is 9.41. The average molecular weight is 1080 g/mol. The van der Waals surface area contributed by atoms with Crippen LogP contribution in [0.25, 0.3) is 83.9 Å². The van der Waals surface area contributed by atoms with E-state index in [2.05, 4.69) is 126 Å². The Morgan fingerprint density at radius 2 is 1.28 bits per heavy atom. The van der Waals surface area contributed by atoms with Crippen LogP contribution in [-0.4, -0.2) is 19.6 Å². The van der Waals surface area contributed by atoms with Gasteiger partial charge in [0.25, 0.3) is 0 Å². The van der Waals surface area contributed by atoms with Gasteiger partial charge in [-0.1, -0.05) is 201 Å². The first-order chi connectivity index (χ1) is 35.9. The number of para-hydroxylation sites is 1. The molecule has 2 aromatic heterocycles. The Labute approximate surface area is 431 Å². The number of hydrogen-bond donors (Lipinski definition) is 1. The molecule has 9 aromatic rings. The maximum Gasteiger partial charge on any atom is 0.148 e. The van der Waals surface area contributed by atoms with E-state index in [1.54, 1.807) is 24.4 Å². The van der Waals surface area contributed by atoms with E-state index in [1.165, 1.54) is 17.7 Å². The van der Waals surface area contributed by atoms with Crippen LogP contribution in [0.3, 0.4) is 0 Å². The van der Waals surface area contributed by atoms with Crippen LogP contribution in [0.4, 0.5) is 0 Å². The molecular weight excluding hydrogens is 1010 g/mol. The van der Waals surface area contributed by atoms with Crippen LogP contribution in [0, 0.1) is 6.07 Å². The smallest absolute Gasteiger partial charge is 0.148 e. The molecule has 5 heteroatoms. The van der Waals surface area contributed by atoms with Crippen molar-refractivity contribution in [1.82, 2.24) is 14.5 Å². The summed E-state index contributed by atoms with van der Waals surface area (Å²) in [5, 5.41) is 12.4. The second-order valence-electron chi connectivity index (χ2n) is 18.9. The molecule has 346 valence electrons. The Kier molecular flexibility index (Phi) is 10.7. The van der Waals surface area contributed by atoms with Crippen LogP contribution in [0.5, 0.6) is 5.75 Å². The van der Waals surface area contributed by atoms with Crippen molar-refractivity contribution < 1.29 is 38.5 Å². The maximum atomic E-state index is 12.4. The summed E-state index contributed by atoms with van der Waals surface area (Å²) in [4.78, 5) is 10.4. The number of fused-ring (bicyclic) bond motifs is 1. The van der Waals surface area contributed by atoms with E-state index >= 15 is 0 Å². The fraction of sp³-hybridized carbons (Fsp3) is 0.238. The predicted octanol–water partition coefficient (Wildman–Crippen LogP) is 17.2. The number of imidazole rings is 1. The van der Waals surface area contributed by atoms with Crippen LogP contribution >= 0.6 is 0 Å². The average Bonchev–Trinajstić information content (AvgIpc) is 3.83. The van der Waals surface area contributed by atoms with E-state index in [0.717, 1.165) is 62.1 Å². The van der Waals surface area contributed by atoms with Crippen LogP contribution in [-0.2, 0) is 31.9 Å². The van der Waals surface area contributed by atoms with Gasteiger partial charge in [-0.05, 0) is 104 Å². The Morgan fingerprint density at radius 1 is 0.618 bits per heavy atom. The quantitative estimate of drug-likeness (QED) is 0.131. The topological polar surface area (TPSA) is 50.9 Å². The van der Waals surface area contributed by atoms with Crippen molar-refractivity contribution in [3.05, 3.63) is 192 Å². The Morgan fingerprint density at radius 3 is 1.94 bits per heavy atom. The van der Waals surface area contributed by atoms with Gasteiger partial charge < -0.3 is 5.11 Å². The Bertz CT molecular complexity index is 3550. The van der Waals surface area contributed by atoms with Crippen LogP contribution in [0.1, 0.15) is 122 Å². The van der Waals surface area contributed by atoms with E-state index in [1.807, 2.05) is 60.7 Å². The number of nitrogens with zero attached hydrogens (tertiary/aromatic N) is 3. The second kappa shape index (κ2) is 19.3. The zero-order valence-electron chi connectivity index (χ0n) is 48.6. The Hall–Kier alpha value is -6.35. The zero-order valence-corrected chi connectivity index (χ0v) is 41.8. The van der Waals surface area contributed by atoms with E-state index in [-0.39, 0.29) is 49.6 Å². The summed E-state index contributed by atoms with van der Waals surface area (Å²) in [5.41, 5.74) is 10.7. The summed E-state index contributed by atoms with van der Waals surface area (Å²) >= 11 is 0. The molecule has 0 bridgehead atoms. The summed E-state index contributed by atoms with van der Waals surface area (Å²) in [6.07, 6.45) is 2.61. The molecule has 0 unspecified atom stereocenters. The van der Waals surface area contributed by atoms with Crippen LogP contribution < -0.4 is 0 Å². The van der Waals surface area contributed by atoms with Crippen molar-refractivity contribution in [2.45, 2.75) is 98.1 Å². The number of rotatable bonds is 11. The van der Waals surface area contributed by atoms with Gasteiger partial charge in [-0.15, -0.1) is 23.8 Å². The van der Waals surface area contributed by atoms with Gasteiger partial charge in [-0.2, -0.15) is 0 Å². The minimum Gasteiger partial charge on any atom is -0.507 e. The van der Waals surface area contributed by atoms with E-state index < -0.39 is 26.0 Å². The molecule has 0 aliphatic rings. The molecule has 0 aliphatic carbocycles. The van der Waals surface area contributed by atoms with Crippen LogP contribution in [0.2, 0.25) is 0 Å². The summed E-state index contributed by atoms with van der Waals surface area (Å²) in [6.45, 7) is 5.12. The summed E-state index contributed by atoms with van der Waals surface area (Å²) in [7, 11) is 0. The third-order valence-electron chi connectivity index (χ3n) is 13.3. The summed E-state index contributed by atoms with van der Waals surface area (Å²) < 4.78 is 76.3. The molecule has 2 heterocycles. The molecular formula is C63H62N3OPt-. The zero-order chi connectivity index (χ0) is 54.7. The van der Waals surface area contributed by atoms with E-state index in [0.29, 0.717) is 39.3 Å². The molecule has 9 rings (SSSR count). The van der Waals surface area contributed by atoms with Gasteiger partial charge in [0.2, 0.25) is 0 Å². The fourth-order valence-corrected chi connectivity index (χ4v) is 8.89. The number of aromatic hydroxyl groups is 1. The van der Waals surface area contributed by atoms with Crippen molar-refractivity contribution in [1.29, 1.82) is 0 Å². The minimum absolute atomic E-state index is 0.